The maximum Gasteiger partial charge on any atom is 0.228 e. The average Bonchev–Trinajstić information content (AvgIpc) is 3.01. The second-order valence-electron chi connectivity index (χ2n) is 5.78. The van der Waals surface area contributed by atoms with Crippen LogP contribution < -0.4 is 10.0 Å². The van der Waals surface area contributed by atoms with Gasteiger partial charge in [0.15, 0.2) is 0 Å². The Kier molecular flexibility index (Phi) is 3.95. The van der Waals surface area contributed by atoms with E-state index in [0.29, 0.717) is 12.4 Å². The molecule has 7 nitrogen and oxygen atoms in total. The number of nitrogens with two attached hydrogens (primary N) is 1. The minimum atomic E-state index is -3.59. The topological polar surface area (TPSA) is 98.3 Å². The number of rotatable bonds is 4. The van der Waals surface area contributed by atoms with E-state index in [4.69, 9.17) is 5.14 Å². The van der Waals surface area contributed by atoms with Crippen LogP contribution in [-0.2, 0) is 21.9 Å². The quantitative estimate of drug-likeness (QED) is 0.891. The van der Waals surface area contributed by atoms with Crippen molar-refractivity contribution in [2.75, 3.05) is 17.2 Å². The lowest BCUT2D eigenvalue weighted by Gasteiger charge is -2.16. The lowest BCUT2D eigenvalue weighted by atomic mass is 10.1. The second-order valence-corrected chi connectivity index (χ2v) is 7.44. The summed E-state index contributed by atoms with van der Waals surface area (Å²) in [6, 6.07) is 11.5. The van der Waals surface area contributed by atoms with E-state index < -0.39 is 10.0 Å². The SMILES string of the molecule is Cn1nc(-c2ccccc2)cc1N1CC(CS(N)(=O)=O)CC1=O. The summed E-state index contributed by atoms with van der Waals surface area (Å²) in [4.78, 5) is 13.8. The van der Waals surface area contributed by atoms with E-state index in [9.17, 15) is 13.2 Å². The van der Waals surface area contributed by atoms with Crippen LogP contribution >= 0.6 is 0 Å². The highest BCUT2D eigenvalue weighted by Gasteiger charge is 2.34. The van der Waals surface area contributed by atoms with Gasteiger partial charge in [-0.1, -0.05) is 30.3 Å². The van der Waals surface area contributed by atoms with Crippen LogP contribution in [0.2, 0.25) is 0 Å². The molecule has 1 aromatic heterocycles. The highest BCUT2D eigenvalue weighted by Crippen LogP contribution is 2.29. The molecule has 1 aliphatic rings. The Labute approximate surface area is 134 Å². The van der Waals surface area contributed by atoms with Crippen molar-refractivity contribution in [1.29, 1.82) is 0 Å². The predicted molar refractivity (Wildman–Crippen MR) is 87.1 cm³/mol. The number of carbonyl (C=O) groups excluding carboxylic acids is 1. The smallest absolute Gasteiger partial charge is 0.228 e. The minimum Gasteiger partial charge on any atom is -0.297 e. The van der Waals surface area contributed by atoms with Gasteiger partial charge in [-0.25, -0.2) is 13.6 Å². The fourth-order valence-electron chi connectivity index (χ4n) is 2.90. The van der Waals surface area contributed by atoms with E-state index >= 15 is 0 Å². The van der Waals surface area contributed by atoms with Gasteiger partial charge >= 0.3 is 0 Å². The van der Waals surface area contributed by atoms with E-state index in [-0.39, 0.29) is 24.0 Å². The standard InChI is InChI=1S/C15H18N4O3S/c1-18-14(8-13(17-18)12-5-3-2-4-6-12)19-9-11(7-15(19)20)10-23(16,21)22/h2-6,8,11H,7,9-10H2,1H3,(H2,16,21,22). The van der Waals surface area contributed by atoms with Crippen LogP contribution in [0.4, 0.5) is 5.82 Å². The molecule has 3 rings (SSSR count). The fourth-order valence-corrected chi connectivity index (χ4v) is 3.78. The monoisotopic (exact) mass is 334 g/mol. The lowest BCUT2D eigenvalue weighted by Crippen LogP contribution is -2.28. The van der Waals surface area contributed by atoms with Crippen LogP contribution in [0.25, 0.3) is 11.3 Å². The van der Waals surface area contributed by atoms with E-state index in [1.165, 1.54) is 0 Å². The number of hydrogen-bond acceptors (Lipinski definition) is 4. The summed E-state index contributed by atoms with van der Waals surface area (Å²) in [6.45, 7) is 0.336. The van der Waals surface area contributed by atoms with Crippen molar-refractivity contribution in [2.24, 2.45) is 18.1 Å². The van der Waals surface area contributed by atoms with Crippen LogP contribution in [0, 0.1) is 5.92 Å². The molecule has 0 aliphatic carbocycles. The van der Waals surface area contributed by atoms with Gasteiger partial charge in [-0.3, -0.25) is 14.4 Å². The van der Waals surface area contributed by atoms with Gasteiger partial charge in [0.2, 0.25) is 15.9 Å². The summed E-state index contributed by atoms with van der Waals surface area (Å²) in [6.07, 6.45) is 0.183. The molecule has 122 valence electrons. The summed E-state index contributed by atoms with van der Waals surface area (Å²) in [5.74, 6) is 0.0816. The van der Waals surface area contributed by atoms with Crippen molar-refractivity contribution in [3.63, 3.8) is 0 Å². The first kappa shape index (κ1) is 15.7. The minimum absolute atomic E-state index is 0.110. The summed E-state index contributed by atoms with van der Waals surface area (Å²) < 4.78 is 24.1. The molecular formula is C15H18N4O3S. The normalized spacial score (nSPS) is 18.6. The molecule has 1 atom stereocenters. The number of aryl methyl sites for hydroxylation is 1. The van der Waals surface area contributed by atoms with Gasteiger partial charge in [-0.2, -0.15) is 5.10 Å². The van der Waals surface area contributed by atoms with Crippen LogP contribution in [0.5, 0.6) is 0 Å². The predicted octanol–water partition coefficient (Wildman–Crippen LogP) is 0.728. The Morgan fingerprint density at radius 1 is 1.30 bits per heavy atom. The van der Waals surface area contributed by atoms with Crippen molar-refractivity contribution < 1.29 is 13.2 Å². The molecular weight excluding hydrogens is 316 g/mol. The Morgan fingerprint density at radius 3 is 2.65 bits per heavy atom. The number of amides is 1. The molecule has 0 saturated carbocycles. The summed E-state index contributed by atoms with van der Waals surface area (Å²) in [5.41, 5.74) is 1.73. The number of carbonyl (C=O) groups is 1. The third-order valence-corrected chi connectivity index (χ3v) is 4.81. The van der Waals surface area contributed by atoms with Gasteiger partial charge in [0.1, 0.15) is 5.82 Å². The number of aromatic nitrogens is 2. The molecule has 0 radical (unpaired) electrons. The van der Waals surface area contributed by atoms with Crippen molar-refractivity contribution in [3.05, 3.63) is 36.4 Å². The molecule has 1 fully saturated rings. The molecule has 2 heterocycles. The maximum atomic E-state index is 12.2. The highest BCUT2D eigenvalue weighted by atomic mass is 32.2. The van der Waals surface area contributed by atoms with Crippen molar-refractivity contribution in [2.45, 2.75) is 6.42 Å². The fraction of sp³-hybridized carbons (Fsp3) is 0.333. The van der Waals surface area contributed by atoms with Crippen molar-refractivity contribution in [3.8, 4) is 11.3 Å². The van der Waals surface area contributed by atoms with E-state index in [1.807, 2.05) is 36.4 Å². The number of nitrogens with zero attached hydrogens (tertiary/aromatic N) is 3. The number of anilines is 1. The third-order valence-electron chi connectivity index (χ3n) is 3.87. The van der Waals surface area contributed by atoms with E-state index in [0.717, 1.165) is 11.3 Å². The maximum absolute atomic E-state index is 12.2. The van der Waals surface area contributed by atoms with E-state index in [1.54, 1.807) is 16.6 Å². The first-order valence-electron chi connectivity index (χ1n) is 7.24. The summed E-state index contributed by atoms with van der Waals surface area (Å²) >= 11 is 0. The molecule has 1 aliphatic heterocycles. The molecule has 1 saturated heterocycles. The zero-order valence-corrected chi connectivity index (χ0v) is 13.5. The zero-order chi connectivity index (χ0) is 16.6. The van der Waals surface area contributed by atoms with Crippen LogP contribution in [0.15, 0.2) is 36.4 Å². The zero-order valence-electron chi connectivity index (χ0n) is 12.7. The van der Waals surface area contributed by atoms with Crippen molar-refractivity contribution in [1.82, 2.24) is 9.78 Å². The highest BCUT2D eigenvalue weighted by molar-refractivity contribution is 7.89. The molecule has 0 spiro atoms. The molecule has 1 aromatic carbocycles. The second kappa shape index (κ2) is 5.78. The third kappa shape index (κ3) is 3.43. The van der Waals surface area contributed by atoms with Crippen molar-refractivity contribution >= 4 is 21.7 Å². The molecule has 23 heavy (non-hydrogen) atoms. The van der Waals surface area contributed by atoms with Gasteiger partial charge in [-0.05, 0) is 0 Å². The van der Waals surface area contributed by atoms with Gasteiger partial charge in [0.25, 0.3) is 0 Å². The number of benzene rings is 1. The molecule has 2 aromatic rings. The molecule has 1 unspecified atom stereocenters. The lowest BCUT2D eigenvalue weighted by molar-refractivity contribution is -0.117. The first-order valence-corrected chi connectivity index (χ1v) is 8.95. The molecule has 0 bridgehead atoms. The molecule has 1 amide bonds. The van der Waals surface area contributed by atoms with Gasteiger partial charge in [0, 0.05) is 37.6 Å². The number of primary sulfonamides is 1. The molecule has 8 heteroatoms. The number of hydrogen-bond donors (Lipinski definition) is 1. The van der Waals surface area contributed by atoms with Crippen LogP contribution in [0.1, 0.15) is 6.42 Å². The van der Waals surface area contributed by atoms with E-state index in [2.05, 4.69) is 5.10 Å². The van der Waals surface area contributed by atoms with Gasteiger partial charge in [-0.15, -0.1) is 0 Å². The Bertz CT molecular complexity index is 830. The Hall–Kier alpha value is -2.19. The van der Waals surface area contributed by atoms with Crippen LogP contribution in [-0.4, -0.2) is 36.4 Å². The Morgan fingerprint density at radius 2 is 2.00 bits per heavy atom. The summed E-state index contributed by atoms with van der Waals surface area (Å²) in [7, 11) is -1.82. The van der Waals surface area contributed by atoms with Crippen LogP contribution in [0.3, 0.4) is 0 Å². The largest absolute Gasteiger partial charge is 0.297 e. The molecule has 2 N–H and O–H groups in total. The van der Waals surface area contributed by atoms with Gasteiger partial charge < -0.3 is 0 Å². The Balaban J connectivity index is 1.85. The first-order chi connectivity index (χ1) is 10.8. The van der Waals surface area contributed by atoms with Gasteiger partial charge in [0.05, 0.1) is 11.4 Å². The number of sulfonamides is 1. The summed E-state index contributed by atoms with van der Waals surface area (Å²) in [5, 5.41) is 9.52. The average molecular weight is 334 g/mol.